The van der Waals surface area contributed by atoms with Crippen molar-refractivity contribution in [2.24, 2.45) is 0 Å². The molecule has 0 aromatic rings. The molecule has 1 aliphatic heterocycles. The van der Waals surface area contributed by atoms with E-state index in [2.05, 4.69) is 0 Å². The van der Waals surface area contributed by atoms with E-state index in [9.17, 15) is 20.1 Å². The molecule has 0 unspecified atom stereocenters. The number of unbranched alkanes of at least 4 members (excludes halogenated alkanes) is 4. The van der Waals surface area contributed by atoms with Gasteiger partial charge in [0, 0.05) is 12.8 Å². The number of carboxylic acids is 1. The topological polar surface area (TPSA) is 107 Å². The Hall–Kier alpha value is -0.950. The van der Waals surface area contributed by atoms with Gasteiger partial charge in [0.2, 0.25) is 0 Å². The Kier molecular flexibility index (Phi) is 10.2. The molecular weight excluding hydrogens is 312 g/mol. The lowest BCUT2D eigenvalue weighted by atomic mass is 10.0. The van der Waals surface area contributed by atoms with Gasteiger partial charge in [-0.2, -0.15) is 0 Å². The zero-order valence-electron chi connectivity index (χ0n) is 14.5. The number of rotatable bonds is 12. The summed E-state index contributed by atoms with van der Waals surface area (Å²) in [5, 5.41) is 38.1. The van der Waals surface area contributed by atoms with Crippen LogP contribution in [-0.4, -0.2) is 56.9 Å². The van der Waals surface area contributed by atoms with Gasteiger partial charge in [0.1, 0.15) is 0 Å². The molecule has 0 aromatic carbocycles. The van der Waals surface area contributed by atoms with Gasteiger partial charge in [0.25, 0.3) is 0 Å². The summed E-state index contributed by atoms with van der Waals surface area (Å²) in [5.41, 5.74) is 0. The number of carboxylic acid groups (broad SMARTS) is 1. The Balaban J connectivity index is 2.19. The van der Waals surface area contributed by atoms with Crippen LogP contribution in [-0.2, 0) is 9.53 Å². The number of hydrogen-bond acceptors (Lipinski definition) is 5. The molecule has 0 saturated carbocycles. The molecule has 5 atom stereocenters. The molecule has 6 heteroatoms. The van der Waals surface area contributed by atoms with Crippen LogP contribution in [0.15, 0.2) is 12.2 Å². The standard InChI is InChI=1S/C18H32O6/c1-2-13(19)10-11-14(20)17-12-15(21)16(24-17)8-6-4-3-5-7-9-18(22)23/h10-11,13-17,19-21H,2-9,12H2,1H3,(H,22,23)/b11-10+/t13-,14+,15-,16-,17+/m0/s1. The first-order chi connectivity index (χ1) is 11.4. The van der Waals surface area contributed by atoms with Gasteiger partial charge in [0.15, 0.2) is 0 Å². The average Bonchev–Trinajstić information content (AvgIpc) is 2.92. The molecular formula is C18H32O6. The van der Waals surface area contributed by atoms with E-state index in [0.717, 1.165) is 32.1 Å². The lowest BCUT2D eigenvalue weighted by molar-refractivity contribution is -0.137. The molecule has 24 heavy (non-hydrogen) atoms. The quantitative estimate of drug-likeness (QED) is 0.319. The van der Waals surface area contributed by atoms with Crippen molar-refractivity contribution in [3.63, 3.8) is 0 Å². The molecule has 4 N–H and O–H groups in total. The second kappa shape index (κ2) is 11.6. The molecule has 0 aromatic heterocycles. The molecule has 6 nitrogen and oxygen atoms in total. The number of aliphatic carboxylic acids is 1. The number of aliphatic hydroxyl groups excluding tert-OH is 3. The summed E-state index contributed by atoms with van der Waals surface area (Å²) < 4.78 is 5.75. The molecule has 0 amide bonds. The highest BCUT2D eigenvalue weighted by Crippen LogP contribution is 2.27. The molecule has 140 valence electrons. The van der Waals surface area contributed by atoms with Crippen molar-refractivity contribution < 1.29 is 30.0 Å². The van der Waals surface area contributed by atoms with Gasteiger partial charge in [-0.15, -0.1) is 0 Å². The number of ether oxygens (including phenoxy) is 1. The summed E-state index contributed by atoms with van der Waals surface area (Å²) in [6.07, 6.45) is 6.93. The zero-order valence-corrected chi connectivity index (χ0v) is 14.5. The van der Waals surface area contributed by atoms with E-state index in [1.807, 2.05) is 6.92 Å². The molecule has 1 fully saturated rings. The molecule has 0 spiro atoms. The van der Waals surface area contributed by atoms with Gasteiger partial charge in [-0.3, -0.25) is 4.79 Å². The van der Waals surface area contributed by atoms with Crippen LogP contribution in [0.1, 0.15) is 64.7 Å². The Labute approximate surface area is 144 Å². The van der Waals surface area contributed by atoms with E-state index in [1.54, 1.807) is 6.08 Å². The third-order valence-corrected chi connectivity index (χ3v) is 4.46. The van der Waals surface area contributed by atoms with Crippen LogP contribution in [0.2, 0.25) is 0 Å². The van der Waals surface area contributed by atoms with Crippen LogP contribution in [0.5, 0.6) is 0 Å². The first kappa shape index (κ1) is 21.1. The second-order valence-electron chi connectivity index (χ2n) is 6.57. The fourth-order valence-corrected chi connectivity index (χ4v) is 2.90. The van der Waals surface area contributed by atoms with Crippen molar-refractivity contribution in [3.8, 4) is 0 Å². The summed E-state index contributed by atoms with van der Waals surface area (Å²) in [5.74, 6) is -0.748. The molecule has 1 rings (SSSR count). The lowest BCUT2D eigenvalue weighted by Crippen LogP contribution is -2.25. The predicted molar refractivity (Wildman–Crippen MR) is 90.7 cm³/mol. The fraction of sp³-hybridized carbons (Fsp3) is 0.833. The Morgan fingerprint density at radius 2 is 1.83 bits per heavy atom. The number of aliphatic hydroxyl groups is 3. The minimum absolute atomic E-state index is 0.226. The number of carbonyl (C=O) groups is 1. The summed E-state index contributed by atoms with van der Waals surface area (Å²) in [6, 6.07) is 0. The molecule has 0 bridgehead atoms. The Bertz CT molecular complexity index is 384. The van der Waals surface area contributed by atoms with Crippen LogP contribution < -0.4 is 0 Å². The third-order valence-electron chi connectivity index (χ3n) is 4.46. The monoisotopic (exact) mass is 344 g/mol. The summed E-state index contributed by atoms with van der Waals surface area (Å²) in [7, 11) is 0. The molecule has 0 radical (unpaired) electrons. The maximum atomic E-state index is 10.4. The highest BCUT2D eigenvalue weighted by atomic mass is 16.5. The van der Waals surface area contributed by atoms with Crippen LogP contribution in [0, 0.1) is 0 Å². The van der Waals surface area contributed by atoms with E-state index in [1.165, 1.54) is 6.08 Å². The minimum atomic E-state index is -0.818. The smallest absolute Gasteiger partial charge is 0.303 e. The van der Waals surface area contributed by atoms with Gasteiger partial charge in [-0.25, -0.2) is 0 Å². The van der Waals surface area contributed by atoms with Gasteiger partial charge in [-0.1, -0.05) is 44.8 Å². The van der Waals surface area contributed by atoms with Crippen molar-refractivity contribution in [1.29, 1.82) is 0 Å². The van der Waals surface area contributed by atoms with E-state index >= 15 is 0 Å². The normalized spacial score (nSPS) is 26.8. The van der Waals surface area contributed by atoms with E-state index in [-0.39, 0.29) is 12.5 Å². The maximum Gasteiger partial charge on any atom is 0.303 e. The van der Waals surface area contributed by atoms with Crippen LogP contribution in [0.25, 0.3) is 0 Å². The van der Waals surface area contributed by atoms with Gasteiger partial charge in [0.05, 0.1) is 30.5 Å². The van der Waals surface area contributed by atoms with Crippen molar-refractivity contribution >= 4 is 5.97 Å². The highest BCUT2D eigenvalue weighted by Gasteiger charge is 2.36. The highest BCUT2D eigenvalue weighted by molar-refractivity contribution is 5.66. The lowest BCUT2D eigenvalue weighted by Gasteiger charge is -2.17. The van der Waals surface area contributed by atoms with E-state index in [0.29, 0.717) is 19.3 Å². The predicted octanol–water partition coefficient (Wildman–Crippen LogP) is 2.01. The summed E-state index contributed by atoms with van der Waals surface area (Å²) in [4.78, 5) is 10.4. The van der Waals surface area contributed by atoms with Crippen LogP contribution in [0.4, 0.5) is 0 Å². The zero-order chi connectivity index (χ0) is 17.9. The van der Waals surface area contributed by atoms with Crippen molar-refractivity contribution in [2.45, 2.75) is 95.2 Å². The molecule has 1 aliphatic rings. The van der Waals surface area contributed by atoms with Crippen molar-refractivity contribution in [3.05, 3.63) is 12.2 Å². The Morgan fingerprint density at radius 3 is 2.50 bits per heavy atom. The summed E-state index contributed by atoms with van der Waals surface area (Å²) in [6.45, 7) is 1.86. The Morgan fingerprint density at radius 1 is 1.17 bits per heavy atom. The minimum Gasteiger partial charge on any atom is -0.481 e. The van der Waals surface area contributed by atoms with E-state index < -0.39 is 30.4 Å². The maximum absolute atomic E-state index is 10.4. The van der Waals surface area contributed by atoms with E-state index in [4.69, 9.17) is 9.84 Å². The second-order valence-corrected chi connectivity index (χ2v) is 6.57. The first-order valence-corrected chi connectivity index (χ1v) is 9.03. The first-order valence-electron chi connectivity index (χ1n) is 9.03. The van der Waals surface area contributed by atoms with Gasteiger partial charge >= 0.3 is 5.97 Å². The fourth-order valence-electron chi connectivity index (χ4n) is 2.90. The summed E-state index contributed by atoms with van der Waals surface area (Å²) >= 11 is 0. The molecule has 1 heterocycles. The SMILES string of the molecule is CC[C@H](O)/C=C/[C@@H](O)[C@H]1C[C@H](O)[C@H](CCCCCCCC(=O)O)O1. The largest absolute Gasteiger partial charge is 0.481 e. The molecule has 1 saturated heterocycles. The van der Waals surface area contributed by atoms with Gasteiger partial charge < -0.3 is 25.2 Å². The molecule has 0 aliphatic carbocycles. The van der Waals surface area contributed by atoms with Crippen LogP contribution >= 0.6 is 0 Å². The number of hydrogen-bond donors (Lipinski definition) is 4. The van der Waals surface area contributed by atoms with Crippen molar-refractivity contribution in [2.75, 3.05) is 0 Å². The average molecular weight is 344 g/mol. The third kappa shape index (κ3) is 8.24. The van der Waals surface area contributed by atoms with Crippen LogP contribution in [0.3, 0.4) is 0 Å². The van der Waals surface area contributed by atoms with Crippen molar-refractivity contribution in [1.82, 2.24) is 0 Å². The van der Waals surface area contributed by atoms with Gasteiger partial charge in [-0.05, 0) is 19.3 Å².